The molecule has 0 heterocycles. The highest BCUT2D eigenvalue weighted by Gasteiger charge is 2.03. The number of hydrogen-bond donors (Lipinski definition) is 4. The molecule has 0 aliphatic heterocycles. The number of primary amides is 1. The van der Waals surface area contributed by atoms with E-state index in [4.69, 9.17) is 16.7 Å². The summed E-state index contributed by atoms with van der Waals surface area (Å²) in [6, 6.07) is 0. The highest BCUT2D eigenvalue weighted by molar-refractivity contribution is 5.98. The van der Waals surface area contributed by atoms with Gasteiger partial charge in [-0.25, -0.2) is 0 Å². The van der Waals surface area contributed by atoms with Crippen LogP contribution in [0.25, 0.3) is 0 Å². The lowest BCUT2D eigenvalue weighted by Crippen LogP contribution is -2.29. The second kappa shape index (κ2) is 7.60. The van der Waals surface area contributed by atoms with Crippen molar-refractivity contribution in [1.29, 1.82) is 0 Å². The van der Waals surface area contributed by atoms with Gasteiger partial charge in [-0.3, -0.25) is 9.59 Å². The summed E-state index contributed by atoms with van der Waals surface area (Å²) in [5.41, 5.74) is 10.1. The molecule has 0 aromatic heterocycles. The Morgan fingerprint density at radius 3 is 2.47 bits per heavy atom. The topological polar surface area (TPSA) is 131 Å². The fraction of sp³-hybridized carbons (Fsp3) is 0.625. The van der Waals surface area contributed by atoms with Crippen LogP contribution in [-0.4, -0.2) is 29.4 Å². The standard InChI is InChI=1S/C8H16N4O3/c9-6(12-15)5-8(14)11-4-2-1-3-7(10)13/h15H,1-5H2,(H2,9,12)(H2,10,13)(H,11,14). The molecule has 15 heavy (non-hydrogen) atoms. The van der Waals surface area contributed by atoms with Crippen LogP contribution < -0.4 is 16.8 Å². The molecule has 0 rings (SSSR count). The molecular weight excluding hydrogens is 200 g/mol. The largest absolute Gasteiger partial charge is 0.409 e. The van der Waals surface area contributed by atoms with E-state index in [2.05, 4.69) is 10.5 Å². The Morgan fingerprint density at radius 2 is 1.93 bits per heavy atom. The van der Waals surface area contributed by atoms with Crippen LogP contribution in [0.2, 0.25) is 0 Å². The van der Waals surface area contributed by atoms with Crippen molar-refractivity contribution in [1.82, 2.24) is 5.32 Å². The summed E-state index contributed by atoms with van der Waals surface area (Å²) < 4.78 is 0. The van der Waals surface area contributed by atoms with Crippen molar-refractivity contribution in [3.63, 3.8) is 0 Å². The van der Waals surface area contributed by atoms with Gasteiger partial charge in [0.05, 0.1) is 6.42 Å². The van der Waals surface area contributed by atoms with Gasteiger partial charge in [0.15, 0.2) is 0 Å². The molecule has 0 spiro atoms. The van der Waals surface area contributed by atoms with Crippen LogP contribution >= 0.6 is 0 Å². The number of nitrogens with zero attached hydrogens (tertiary/aromatic N) is 1. The number of oxime groups is 1. The third kappa shape index (κ3) is 8.54. The van der Waals surface area contributed by atoms with Gasteiger partial charge in [-0.05, 0) is 12.8 Å². The predicted molar refractivity (Wildman–Crippen MR) is 54.1 cm³/mol. The first kappa shape index (κ1) is 13.2. The van der Waals surface area contributed by atoms with Crippen molar-refractivity contribution in [2.45, 2.75) is 25.7 Å². The smallest absolute Gasteiger partial charge is 0.227 e. The summed E-state index contributed by atoms with van der Waals surface area (Å²) >= 11 is 0. The molecule has 0 atom stereocenters. The molecule has 0 radical (unpaired) electrons. The Labute approximate surface area is 87.5 Å². The average molecular weight is 216 g/mol. The average Bonchev–Trinajstić information content (AvgIpc) is 2.16. The fourth-order valence-electron chi connectivity index (χ4n) is 0.914. The molecule has 0 unspecified atom stereocenters. The maximum atomic E-state index is 11.0. The molecule has 0 aliphatic rings. The minimum atomic E-state index is -0.349. The molecule has 86 valence electrons. The molecule has 0 saturated carbocycles. The lowest BCUT2D eigenvalue weighted by molar-refractivity contribution is -0.120. The maximum absolute atomic E-state index is 11.0. The molecule has 6 N–H and O–H groups in total. The Bertz CT molecular complexity index is 252. The fourth-order valence-corrected chi connectivity index (χ4v) is 0.914. The van der Waals surface area contributed by atoms with Crippen molar-refractivity contribution in [2.24, 2.45) is 16.6 Å². The second-order valence-electron chi connectivity index (χ2n) is 3.04. The highest BCUT2D eigenvalue weighted by Crippen LogP contribution is 1.92. The van der Waals surface area contributed by atoms with Gasteiger partial charge in [0, 0.05) is 13.0 Å². The molecule has 0 aromatic rings. The molecular formula is C8H16N4O3. The number of rotatable bonds is 7. The number of carbonyl (C=O) groups excluding carboxylic acids is 2. The number of nitrogens with two attached hydrogens (primary N) is 2. The quantitative estimate of drug-likeness (QED) is 0.141. The lowest BCUT2D eigenvalue weighted by atomic mass is 10.2. The van der Waals surface area contributed by atoms with Crippen LogP contribution in [-0.2, 0) is 9.59 Å². The Balaban J connectivity index is 3.43. The van der Waals surface area contributed by atoms with E-state index >= 15 is 0 Å². The van der Waals surface area contributed by atoms with Crippen molar-refractivity contribution < 1.29 is 14.8 Å². The third-order valence-electron chi connectivity index (χ3n) is 1.64. The normalized spacial score (nSPS) is 11.1. The van der Waals surface area contributed by atoms with Crippen LogP contribution in [0.1, 0.15) is 25.7 Å². The Kier molecular flexibility index (Phi) is 6.69. The van der Waals surface area contributed by atoms with E-state index in [1.54, 1.807) is 0 Å². The van der Waals surface area contributed by atoms with Crippen LogP contribution in [0.4, 0.5) is 0 Å². The van der Waals surface area contributed by atoms with E-state index < -0.39 is 0 Å². The van der Waals surface area contributed by atoms with Crippen LogP contribution in [0.5, 0.6) is 0 Å². The van der Waals surface area contributed by atoms with Crippen LogP contribution in [0.3, 0.4) is 0 Å². The summed E-state index contributed by atoms with van der Waals surface area (Å²) in [5.74, 6) is -0.799. The van der Waals surface area contributed by atoms with Gasteiger partial charge in [-0.2, -0.15) is 0 Å². The number of unbranched alkanes of at least 4 members (excludes halogenated alkanes) is 1. The van der Waals surface area contributed by atoms with Gasteiger partial charge in [0.2, 0.25) is 11.8 Å². The van der Waals surface area contributed by atoms with Gasteiger partial charge in [0.25, 0.3) is 0 Å². The summed E-state index contributed by atoms with van der Waals surface area (Å²) in [6.07, 6.45) is 1.49. The SMILES string of the molecule is NC(=O)CCCCNC(=O)CC(N)=NO. The van der Waals surface area contributed by atoms with E-state index in [1.807, 2.05) is 0 Å². The minimum absolute atomic E-state index is 0.133. The van der Waals surface area contributed by atoms with Crippen LogP contribution in [0.15, 0.2) is 5.16 Å². The summed E-state index contributed by atoms with van der Waals surface area (Å²) in [6.45, 7) is 0.449. The third-order valence-corrected chi connectivity index (χ3v) is 1.64. The number of nitrogens with one attached hydrogen (secondary N) is 1. The molecule has 0 saturated heterocycles. The molecule has 7 nitrogen and oxygen atoms in total. The molecule has 0 aliphatic carbocycles. The first-order chi connectivity index (χ1) is 7.06. The maximum Gasteiger partial charge on any atom is 0.227 e. The zero-order valence-electron chi connectivity index (χ0n) is 8.40. The Hall–Kier alpha value is -1.79. The molecule has 7 heteroatoms. The predicted octanol–water partition coefficient (Wildman–Crippen LogP) is -1.11. The number of amides is 2. The summed E-state index contributed by atoms with van der Waals surface area (Å²) in [7, 11) is 0. The van der Waals surface area contributed by atoms with Gasteiger partial charge in [-0.15, -0.1) is 0 Å². The second-order valence-corrected chi connectivity index (χ2v) is 3.04. The lowest BCUT2D eigenvalue weighted by Gasteiger charge is -2.03. The van der Waals surface area contributed by atoms with Crippen molar-refractivity contribution >= 4 is 17.6 Å². The molecule has 0 fully saturated rings. The molecule has 0 aromatic carbocycles. The zero-order chi connectivity index (χ0) is 11.7. The van der Waals surface area contributed by atoms with E-state index in [9.17, 15) is 9.59 Å². The van der Waals surface area contributed by atoms with Gasteiger partial charge >= 0.3 is 0 Å². The van der Waals surface area contributed by atoms with E-state index in [0.29, 0.717) is 25.8 Å². The van der Waals surface area contributed by atoms with E-state index in [1.165, 1.54) is 0 Å². The van der Waals surface area contributed by atoms with Crippen molar-refractivity contribution in [2.75, 3.05) is 6.54 Å². The Morgan fingerprint density at radius 1 is 1.27 bits per heavy atom. The molecule has 0 bridgehead atoms. The minimum Gasteiger partial charge on any atom is -0.409 e. The highest BCUT2D eigenvalue weighted by atomic mass is 16.4. The first-order valence-electron chi connectivity index (χ1n) is 4.57. The van der Waals surface area contributed by atoms with E-state index in [0.717, 1.165) is 0 Å². The van der Waals surface area contributed by atoms with Crippen molar-refractivity contribution in [3.8, 4) is 0 Å². The monoisotopic (exact) mass is 216 g/mol. The zero-order valence-corrected chi connectivity index (χ0v) is 8.40. The van der Waals surface area contributed by atoms with Gasteiger partial charge in [0.1, 0.15) is 5.84 Å². The number of amidine groups is 1. The van der Waals surface area contributed by atoms with E-state index in [-0.39, 0.29) is 24.1 Å². The summed E-state index contributed by atoms with van der Waals surface area (Å²) in [4.78, 5) is 21.4. The summed E-state index contributed by atoms with van der Waals surface area (Å²) in [5, 5.41) is 13.4. The number of hydrogen-bond acceptors (Lipinski definition) is 4. The number of carbonyl (C=O) groups is 2. The van der Waals surface area contributed by atoms with Crippen molar-refractivity contribution in [3.05, 3.63) is 0 Å². The van der Waals surface area contributed by atoms with Gasteiger partial charge in [-0.1, -0.05) is 5.16 Å². The van der Waals surface area contributed by atoms with Crippen LogP contribution in [0, 0.1) is 0 Å². The van der Waals surface area contributed by atoms with Gasteiger partial charge < -0.3 is 22.0 Å². The first-order valence-corrected chi connectivity index (χ1v) is 4.57. The molecule has 2 amide bonds.